The van der Waals surface area contributed by atoms with Gasteiger partial charge in [-0.25, -0.2) is 0 Å². The SMILES string of the molecule is CNC(CC(=O)OC(C)C)CC(C)C. The van der Waals surface area contributed by atoms with Gasteiger partial charge < -0.3 is 10.1 Å². The van der Waals surface area contributed by atoms with Gasteiger partial charge in [-0.3, -0.25) is 4.79 Å². The molecule has 1 atom stereocenters. The molecule has 84 valence electrons. The standard InChI is InChI=1S/C11H23NO2/c1-8(2)6-10(12-5)7-11(13)14-9(3)4/h8-10,12H,6-7H2,1-5H3. The summed E-state index contributed by atoms with van der Waals surface area (Å²) < 4.78 is 5.09. The summed E-state index contributed by atoms with van der Waals surface area (Å²) in [6.45, 7) is 8.04. The lowest BCUT2D eigenvalue weighted by Gasteiger charge is -2.18. The van der Waals surface area contributed by atoms with E-state index in [0.717, 1.165) is 6.42 Å². The van der Waals surface area contributed by atoms with Crippen LogP contribution in [0.25, 0.3) is 0 Å². The lowest BCUT2D eigenvalue weighted by Crippen LogP contribution is -2.30. The average Bonchev–Trinajstić information content (AvgIpc) is 2.00. The van der Waals surface area contributed by atoms with Crippen LogP contribution in [0.2, 0.25) is 0 Å². The molecule has 0 radical (unpaired) electrons. The Morgan fingerprint density at radius 2 is 1.86 bits per heavy atom. The molecule has 0 saturated heterocycles. The van der Waals surface area contributed by atoms with Crippen molar-refractivity contribution < 1.29 is 9.53 Å². The summed E-state index contributed by atoms with van der Waals surface area (Å²) in [4.78, 5) is 11.3. The summed E-state index contributed by atoms with van der Waals surface area (Å²) in [7, 11) is 1.88. The van der Waals surface area contributed by atoms with E-state index in [4.69, 9.17) is 4.74 Å². The zero-order valence-corrected chi connectivity index (χ0v) is 9.96. The molecule has 1 unspecified atom stereocenters. The van der Waals surface area contributed by atoms with Crippen molar-refractivity contribution in [2.45, 2.75) is 52.7 Å². The van der Waals surface area contributed by atoms with Gasteiger partial charge >= 0.3 is 5.97 Å². The molecule has 0 aromatic heterocycles. The van der Waals surface area contributed by atoms with Crippen molar-refractivity contribution in [2.24, 2.45) is 5.92 Å². The average molecular weight is 201 g/mol. The molecule has 1 N–H and O–H groups in total. The monoisotopic (exact) mass is 201 g/mol. The molecule has 0 heterocycles. The van der Waals surface area contributed by atoms with E-state index in [9.17, 15) is 4.79 Å². The molecule has 3 nitrogen and oxygen atoms in total. The van der Waals surface area contributed by atoms with Crippen LogP contribution in [0.3, 0.4) is 0 Å². The highest BCUT2D eigenvalue weighted by Crippen LogP contribution is 2.08. The number of rotatable bonds is 6. The predicted molar refractivity (Wildman–Crippen MR) is 58.1 cm³/mol. The lowest BCUT2D eigenvalue weighted by atomic mass is 10.0. The largest absolute Gasteiger partial charge is 0.463 e. The Labute approximate surface area is 87.2 Å². The van der Waals surface area contributed by atoms with Crippen molar-refractivity contribution in [2.75, 3.05) is 7.05 Å². The Balaban J connectivity index is 3.86. The maximum absolute atomic E-state index is 11.3. The van der Waals surface area contributed by atoms with Crippen molar-refractivity contribution in [1.82, 2.24) is 5.32 Å². The van der Waals surface area contributed by atoms with Gasteiger partial charge in [0.2, 0.25) is 0 Å². The molecule has 0 aromatic carbocycles. The molecule has 14 heavy (non-hydrogen) atoms. The number of carbonyl (C=O) groups is 1. The number of ether oxygens (including phenoxy) is 1. The fourth-order valence-electron chi connectivity index (χ4n) is 1.38. The Hall–Kier alpha value is -0.570. The van der Waals surface area contributed by atoms with Crippen LogP contribution in [0.5, 0.6) is 0 Å². The second-order valence-electron chi connectivity index (χ2n) is 4.36. The fourth-order valence-corrected chi connectivity index (χ4v) is 1.38. The summed E-state index contributed by atoms with van der Waals surface area (Å²) >= 11 is 0. The van der Waals surface area contributed by atoms with Crippen LogP contribution in [-0.2, 0) is 9.53 Å². The third kappa shape index (κ3) is 6.89. The van der Waals surface area contributed by atoms with Crippen LogP contribution < -0.4 is 5.32 Å². The van der Waals surface area contributed by atoms with Crippen LogP contribution in [0.1, 0.15) is 40.5 Å². The minimum absolute atomic E-state index is 0.0148. The van der Waals surface area contributed by atoms with Gasteiger partial charge in [-0.15, -0.1) is 0 Å². The summed E-state index contributed by atoms with van der Waals surface area (Å²) in [5, 5.41) is 3.14. The van der Waals surface area contributed by atoms with E-state index in [2.05, 4.69) is 19.2 Å². The predicted octanol–water partition coefficient (Wildman–Crippen LogP) is 1.96. The minimum Gasteiger partial charge on any atom is -0.463 e. The van der Waals surface area contributed by atoms with E-state index < -0.39 is 0 Å². The van der Waals surface area contributed by atoms with Gasteiger partial charge in [-0.1, -0.05) is 13.8 Å². The normalized spacial score (nSPS) is 13.4. The first-order valence-electron chi connectivity index (χ1n) is 5.32. The lowest BCUT2D eigenvalue weighted by molar-refractivity contribution is -0.148. The molecule has 0 saturated carbocycles. The molecule has 0 aliphatic heterocycles. The summed E-state index contributed by atoms with van der Waals surface area (Å²) in [5.41, 5.74) is 0. The molecule has 3 heteroatoms. The molecule has 0 aliphatic carbocycles. The second kappa shape index (κ2) is 6.82. The van der Waals surface area contributed by atoms with E-state index in [1.165, 1.54) is 0 Å². The molecule has 0 aromatic rings. The Kier molecular flexibility index (Phi) is 6.54. The van der Waals surface area contributed by atoms with Gasteiger partial charge in [0, 0.05) is 6.04 Å². The van der Waals surface area contributed by atoms with E-state index in [1.807, 2.05) is 20.9 Å². The highest BCUT2D eigenvalue weighted by molar-refractivity contribution is 5.70. The van der Waals surface area contributed by atoms with Crippen molar-refractivity contribution in [3.63, 3.8) is 0 Å². The summed E-state index contributed by atoms with van der Waals surface area (Å²) in [6, 6.07) is 0.237. The summed E-state index contributed by atoms with van der Waals surface area (Å²) in [5.74, 6) is 0.485. The topological polar surface area (TPSA) is 38.3 Å². The maximum Gasteiger partial charge on any atom is 0.307 e. The zero-order valence-electron chi connectivity index (χ0n) is 9.96. The Bertz CT molecular complexity index is 167. The first kappa shape index (κ1) is 13.4. The highest BCUT2D eigenvalue weighted by Gasteiger charge is 2.15. The minimum atomic E-state index is -0.111. The Morgan fingerprint density at radius 1 is 1.29 bits per heavy atom. The van der Waals surface area contributed by atoms with Crippen molar-refractivity contribution in [3.05, 3.63) is 0 Å². The smallest absolute Gasteiger partial charge is 0.307 e. The molecule has 0 aliphatic rings. The molecule has 0 fully saturated rings. The van der Waals surface area contributed by atoms with Gasteiger partial charge in [0.25, 0.3) is 0 Å². The third-order valence-electron chi connectivity index (χ3n) is 1.94. The highest BCUT2D eigenvalue weighted by atomic mass is 16.5. The van der Waals surface area contributed by atoms with Crippen LogP contribution in [0, 0.1) is 5.92 Å². The van der Waals surface area contributed by atoms with Crippen molar-refractivity contribution in [3.8, 4) is 0 Å². The second-order valence-corrected chi connectivity index (χ2v) is 4.36. The van der Waals surface area contributed by atoms with E-state index >= 15 is 0 Å². The van der Waals surface area contributed by atoms with Crippen LogP contribution >= 0.6 is 0 Å². The molecule has 0 spiro atoms. The molecular formula is C11H23NO2. The number of carbonyl (C=O) groups excluding carboxylic acids is 1. The first-order valence-corrected chi connectivity index (χ1v) is 5.32. The van der Waals surface area contributed by atoms with Gasteiger partial charge in [0.1, 0.15) is 0 Å². The Morgan fingerprint density at radius 3 is 2.21 bits per heavy atom. The van der Waals surface area contributed by atoms with E-state index in [-0.39, 0.29) is 18.1 Å². The number of hydrogen-bond donors (Lipinski definition) is 1. The van der Waals surface area contributed by atoms with E-state index in [0.29, 0.717) is 12.3 Å². The van der Waals surface area contributed by atoms with E-state index in [1.54, 1.807) is 0 Å². The number of esters is 1. The number of nitrogens with one attached hydrogen (secondary N) is 1. The van der Waals surface area contributed by atoms with Gasteiger partial charge in [0.15, 0.2) is 0 Å². The van der Waals surface area contributed by atoms with Crippen molar-refractivity contribution in [1.29, 1.82) is 0 Å². The van der Waals surface area contributed by atoms with Crippen LogP contribution in [0.4, 0.5) is 0 Å². The number of hydrogen-bond acceptors (Lipinski definition) is 3. The zero-order chi connectivity index (χ0) is 11.1. The van der Waals surface area contributed by atoms with Crippen LogP contribution in [-0.4, -0.2) is 25.2 Å². The fraction of sp³-hybridized carbons (Fsp3) is 0.909. The van der Waals surface area contributed by atoms with Gasteiger partial charge in [-0.2, -0.15) is 0 Å². The van der Waals surface area contributed by atoms with Crippen molar-refractivity contribution >= 4 is 5.97 Å². The summed E-state index contributed by atoms with van der Waals surface area (Å²) in [6.07, 6.45) is 1.45. The maximum atomic E-state index is 11.3. The first-order chi connectivity index (χ1) is 6.45. The molecule has 0 amide bonds. The quantitative estimate of drug-likeness (QED) is 0.668. The van der Waals surface area contributed by atoms with Gasteiger partial charge in [-0.05, 0) is 33.2 Å². The molecule has 0 rings (SSSR count). The molecule has 0 bridgehead atoms. The van der Waals surface area contributed by atoms with Gasteiger partial charge in [0.05, 0.1) is 12.5 Å². The molecular weight excluding hydrogens is 178 g/mol. The van der Waals surface area contributed by atoms with Crippen LogP contribution in [0.15, 0.2) is 0 Å². The third-order valence-corrected chi connectivity index (χ3v) is 1.94.